The van der Waals surface area contributed by atoms with E-state index in [2.05, 4.69) is 125 Å². The molecule has 0 rings (SSSR count). The molecule has 0 aliphatic heterocycles. The molecule has 0 bridgehead atoms. The van der Waals surface area contributed by atoms with Crippen molar-refractivity contribution in [3.05, 3.63) is 134 Å². The zero-order valence-electron chi connectivity index (χ0n) is 60.9. The Labute approximate surface area is 593 Å². The lowest BCUT2D eigenvalue weighted by atomic mass is 10.1. The van der Waals surface area contributed by atoms with Gasteiger partial charge in [-0.2, -0.15) is 0 Å². The first-order valence-electron chi connectivity index (χ1n) is 37.4. The van der Waals surface area contributed by atoms with Gasteiger partial charge in [0.2, 0.25) is 0 Å². The minimum Gasteiger partial charge on any atom is -0.462 e. The van der Waals surface area contributed by atoms with Gasteiger partial charge in [0.25, 0.3) is 0 Å². The summed E-state index contributed by atoms with van der Waals surface area (Å²) in [7, 11) is -9.99. The van der Waals surface area contributed by atoms with Gasteiger partial charge in [-0.25, -0.2) is 9.13 Å². The van der Waals surface area contributed by atoms with E-state index in [0.717, 1.165) is 122 Å². The monoisotopic (exact) mass is 1410 g/mol. The number of hydrogen-bond donors (Lipinski definition) is 3. The molecule has 98 heavy (non-hydrogen) atoms. The summed E-state index contributed by atoms with van der Waals surface area (Å²) in [4.78, 5) is 72.7. The Bertz CT molecular complexity index is 2380. The Morgan fingerprint density at radius 2 is 0.582 bits per heavy atom. The van der Waals surface area contributed by atoms with Gasteiger partial charge in [-0.1, -0.05) is 277 Å². The average molecular weight is 1420 g/mol. The van der Waals surface area contributed by atoms with E-state index in [4.69, 9.17) is 37.0 Å². The number of ether oxygens (including phenoxy) is 4. The minimum absolute atomic E-state index is 0.0623. The van der Waals surface area contributed by atoms with Crippen LogP contribution in [0.1, 0.15) is 285 Å². The molecule has 5 atom stereocenters. The third-order valence-corrected chi connectivity index (χ3v) is 17.0. The second-order valence-electron chi connectivity index (χ2n) is 24.5. The fourth-order valence-corrected chi connectivity index (χ4v) is 11.1. The zero-order valence-corrected chi connectivity index (χ0v) is 62.7. The lowest BCUT2D eigenvalue weighted by Crippen LogP contribution is -2.30. The second-order valence-corrected chi connectivity index (χ2v) is 27.4. The first-order chi connectivity index (χ1) is 47.7. The summed E-state index contributed by atoms with van der Waals surface area (Å²) < 4.78 is 68.2. The summed E-state index contributed by atoms with van der Waals surface area (Å²) in [5.41, 5.74) is 0. The number of carbonyl (C=O) groups excluding carboxylic acids is 4. The molecule has 0 aromatic rings. The van der Waals surface area contributed by atoms with Crippen LogP contribution in [-0.4, -0.2) is 96.7 Å². The molecular weight excluding hydrogens is 1280 g/mol. The molecule has 0 aliphatic rings. The number of phosphoric acid groups is 2. The predicted octanol–water partition coefficient (Wildman–Crippen LogP) is 21.3. The van der Waals surface area contributed by atoms with Crippen molar-refractivity contribution in [1.82, 2.24) is 0 Å². The number of rotatable bonds is 69. The topological polar surface area (TPSA) is 237 Å². The van der Waals surface area contributed by atoms with Gasteiger partial charge in [-0.15, -0.1) is 0 Å². The number of esters is 4. The zero-order chi connectivity index (χ0) is 71.8. The van der Waals surface area contributed by atoms with Gasteiger partial charge in [0.05, 0.1) is 32.8 Å². The van der Waals surface area contributed by atoms with Gasteiger partial charge in [0.1, 0.15) is 19.3 Å². The molecule has 0 aliphatic carbocycles. The van der Waals surface area contributed by atoms with Crippen LogP contribution >= 0.6 is 15.6 Å². The van der Waals surface area contributed by atoms with E-state index in [1.54, 1.807) is 6.08 Å². The van der Waals surface area contributed by atoms with Crippen molar-refractivity contribution in [2.45, 2.75) is 303 Å². The van der Waals surface area contributed by atoms with Gasteiger partial charge >= 0.3 is 39.5 Å². The van der Waals surface area contributed by atoms with E-state index in [0.29, 0.717) is 32.1 Å². The van der Waals surface area contributed by atoms with Crippen molar-refractivity contribution in [3.63, 3.8) is 0 Å². The molecule has 0 radical (unpaired) electrons. The quantitative estimate of drug-likeness (QED) is 0.0169. The van der Waals surface area contributed by atoms with Crippen LogP contribution in [0.2, 0.25) is 0 Å². The van der Waals surface area contributed by atoms with Crippen LogP contribution in [0.25, 0.3) is 0 Å². The van der Waals surface area contributed by atoms with Gasteiger partial charge in [0, 0.05) is 19.3 Å². The second kappa shape index (κ2) is 70.6. The first-order valence-corrected chi connectivity index (χ1v) is 40.4. The molecule has 0 saturated heterocycles. The highest BCUT2D eigenvalue weighted by Crippen LogP contribution is 2.45. The van der Waals surface area contributed by atoms with Crippen molar-refractivity contribution in [1.29, 1.82) is 0 Å². The summed E-state index contributed by atoms with van der Waals surface area (Å²) in [5.74, 6) is -2.40. The predicted molar refractivity (Wildman–Crippen MR) is 399 cm³/mol. The van der Waals surface area contributed by atoms with E-state index in [1.165, 1.54) is 77.0 Å². The third kappa shape index (κ3) is 69.7. The Kier molecular flexibility index (Phi) is 67.2. The standard InChI is InChI=1S/C79H132O17P2/c1-5-9-13-17-21-25-29-32-35-36-39-41-45-48-52-56-60-64-77(82)89-69-74(95-78(83)65-61-57-53-49-43-28-24-20-16-12-8-4)71-93-97(85,86)91-67-73(80)68-92-98(87,88)94-72-75(96-79(84)66-62-58-54-50-46-42-38-34-31-27-23-19-15-11-7-3)70-90-76(81)63-59-55-51-47-44-40-37-33-30-26-22-18-14-10-6-2/h9-10,13-14,21-22,25-26,32-35,37-39,41,44,47-48,52,55,59,73-75,80H,5-8,11-12,15-20,23-24,27-31,36,40,42-43,45-46,49-51,53-54,56-58,60-72H2,1-4H3,(H,85,86)(H,87,88)/b13-9-,14-10-,25-21-,26-22-,35-32-,37-33-,38-34-,41-39-,47-44-,52-48-,59-55-. The number of unbranched alkanes of at least 4 members (excludes halogenated alkanes) is 22. The van der Waals surface area contributed by atoms with Crippen LogP contribution in [-0.2, 0) is 65.4 Å². The van der Waals surface area contributed by atoms with E-state index < -0.39 is 97.5 Å². The fourth-order valence-electron chi connectivity index (χ4n) is 9.50. The molecule has 5 unspecified atom stereocenters. The SMILES string of the molecule is CC/C=C\C/C=C\C/C=C\C/C=C\C/C=C\CCCC(=O)OCC(COP(=O)(O)OCC(O)COP(=O)(O)OCC(COC(=O)C/C=C\C/C=C\C/C=C\C/C=C\C/C=C\CC)OC(=O)CCCCCCC/C=C\CCCCCCCC)OC(=O)CCCCCCCCCCCCC. The molecule has 0 fully saturated rings. The molecule has 17 nitrogen and oxygen atoms in total. The number of allylic oxidation sites excluding steroid dienone is 21. The maximum Gasteiger partial charge on any atom is 0.472 e. The number of hydrogen-bond acceptors (Lipinski definition) is 15. The normalized spacial score (nSPS) is 14.7. The van der Waals surface area contributed by atoms with Crippen LogP contribution in [0, 0.1) is 0 Å². The highest BCUT2D eigenvalue weighted by Gasteiger charge is 2.30. The van der Waals surface area contributed by atoms with Crippen molar-refractivity contribution < 1.29 is 80.2 Å². The highest BCUT2D eigenvalue weighted by molar-refractivity contribution is 7.47. The van der Waals surface area contributed by atoms with Crippen LogP contribution < -0.4 is 0 Å². The maximum absolute atomic E-state index is 13.1. The molecule has 3 N–H and O–H groups in total. The number of aliphatic hydroxyl groups excluding tert-OH is 1. The molecular formula is C79H132O17P2. The van der Waals surface area contributed by atoms with Crippen LogP contribution in [0.5, 0.6) is 0 Å². The summed E-state index contributed by atoms with van der Waals surface area (Å²) in [6, 6.07) is 0. The molecule has 0 aromatic heterocycles. The third-order valence-electron chi connectivity index (χ3n) is 15.1. The summed E-state index contributed by atoms with van der Waals surface area (Å²) >= 11 is 0. The minimum atomic E-state index is -5.00. The van der Waals surface area contributed by atoms with Gasteiger partial charge in [0.15, 0.2) is 12.2 Å². The van der Waals surface area contributed by atoms with Gasteiger partial charge in [-0.05, 0) is 116 Å². The molecule has 0 aromatic carbocycles. The molecule has 0 heterocycles. The Balaban J connectivity index is 5.45. The Hall–Kier alpha value is -4.80. The van der Waals surface area contributed by atoms with Gasteiger partial charge < -0.3 is 33.8 Å². The van der Waals surface area contributed by atoms with Gasteiger partial charge in [-0.3, -0.25) is 37.3 Å². The fraction of sp³-hybridized carbons (Fsp3) is 0.671. The molecule has 0 saturated carbocycles. The molecule has 560 valence electrons. The lowest BCUT2D eigenvalue weighted by molar-refractivity contribution is -0.161. The Morgan fingerprint density at radius 3 is 0.949 bits per heavy atom. The van der Waals surface area contributed by atoms with Crippen molar-refractivity contribution >= 4 is 39.5 Å². The Morgan fingerprint density at radius 1 is 0.306 bits per heavy atom. The number of carbonyl (C=O) groups is 4. The number of phosphoric ester groups is 2. The van der Waals surface area contributed by atoms with E-state index in [-0.39, 0.29) is 25.7 Å². The average Bonchev–Trinajstić information content (AvgIpc) is 0.986. The van der Waals surface area contributed by atoms with Crippen molar-refractivity contribution in [3.8, 4) is 0 Å². The van der Waals surface area contributed by atoms with E-state index in [1.807, 2.05) is 30.4 Å². The summed E-state index contributed by atoms with van der Waals surface area (Å²) in [5, 5.41) is 10.6. The highest BCUT2D eigenvalue weighted by atomic mass is 31.2. The smallest absolute Gasteiger partial charge is 0.462 e. The number of aliphatic hydroxyl groups is 1. The van der Waals surface area contributed by atoms with E-state index in [9.17, 15) is 43.2 Å². The van der Waals surface area contributed by atoms with Crippen LogP contribution in [0.15, 0.2) is 134 Å². The summed E-state index contributed by atoms with van der Waals surface area (Å²) in [6.45, 7) is 4.43. The van der Waals surface area contributed by atoms with Crippen LogP contribution in [0.3, 0.4) is 0 Å². The maximum atomic E-state index is 13.1. The van der Waals surface area contributed by atoms with E-state index >= 15 is 0 Å². The molecule has 0 spiro atoms. The van der Waals surface area contributed by atoms with Crippen molar-refractivity contribution in [2.24, 2.45) is 0 Å². The molecule has 19 heteroatoms. The van der Waals surface area contributed by atoms with Crippen LogP contribution in [0.4, 0.5) is 0 Å². The lowest BCUT2D eigenvalue weighted by Gasteiger charge is -2.21. The largest absolute Gasteiger partial charge is 0.472 e. The summed E-state index contributed by atoms with van der Waals surface area (Å²) in [6.07, 6.45) is 77.8. The molecule has 0 amide bonds. The van der Waals surface area contributed by atoms with Crippen molar-refractivity contribution in [2.75, 3.05) is 39.6 Å². The first kappa shape index (κ1) is 93.2.